The molecule has 0 bridgehead atoms. The number of anilines is 1. The lowest BCUT2D eigenvalue weighted by Crippen LogP contribution is -2.36. The average molecular weight is 445 g/mol. The van der Waals surface area contributed by atoms with Gasteiger partial charge in [-0.05, 0) is 61.6 Å². The van der Waals surface area contributed by atoms with Crippen molar-refractivity contribution in [3.8, 4) is 0 Å². The fourth-order valence-electron chi connectivity index (χ4n) is 3.88. The number of fused-ring (bicyclic) bond motifs is 1. The minimum absolute atomic E-state index is 0.0535. The molecular formula is C27H28N2O2S. The number of thioether (sulfide) groups is 1. The zero-order chi connectivity index (χ0) is 22.5. The molecule has 1 heterocycles. The first-order valence-electron chi connectivity index (χ1n) is 11.0. The summed E-state index contributed by atoms with van der Waals surface area (Å²) >= 11 is 1.53. The van der Waals surface area contributed by atoms with Crippen molar-refractivity contribution >= 4 is 29.3 Å². The van der Waals surface area contributed by atoms with Gasteiger partial charge in [-0.2, -0.15) is 0 Å². The molecule has 0 fully saturated rings. The van der Waals surface area contributed by atoms with Gasteiger partial charge in [0, 0.05) is 16.5 Å². The first-order chi connectivity index (χ1) is 15.5. The van der Waals surface area contributed by atoms with Crippen LogP contribution in [0.1, 0.15) is 40.4 Å². The number of nitrogens with one attached hydrogen (secondary N) is 1. The van der Waals surface area contributed by atoms with E-state index in [0.29, 0.717) is 17.9 Å². The van der Waals surface area contributed by atoms with Crippen LogP contribution in [-0.2, 0) is 17.8 Å². The van der Waals surface area contributed by atoms with Crippen LogP contribution in [0.5, 0.6) is 0 Å². The normalized spacial score (nSPS) is 14.1. The van der Waals surface area contributed by atoms with Gasteiger partial charge in [0.1, 0.15) is 0 Å². The molecule has 2 amide bonds. The minimum atomic E-state index is -0.104. The van der Waals surface area contributed by atoms with Crippen LogP contribution >= 0.6 is 11.8 Å². The standard InChI is InChI=1S/C27H28N2O2S/c1-19-8-6-7-11-23(19)17-29-24-16-22(14-15-25(24)32-18-26(29)30)27(31)28-20(2)12-13-21-9-4-3-5-10-21/h3-11,14-16,20H,12-13,17-18H2,1-2H3,(H,28,31). The van der Waals surface area contributed by atoms with Crippen molar-refractivity contribution in [2.45, 2.75) is 44.2 Å². The average Bonchev–Trinajstić information content (AvgIpc) is 2.81. The summed E-state index contributed by atoms with van der Waals surface area (Å²) in [6.07, 6.45) is 1.79. The molecule has 3 aromatic rings. The molecule has 0 saturated heterocycles. The number of carbonyl (C=O) groups is 2. The molecular weight excluding hydrogens is 416 g/mol. The summed E-state index contributed by atoms with van der Waals surface area (Å²) in [6.45, 7) is 4.60. The molecule has 0 aromatic heterocycles. The molecule has 1 unspecified atom stereocenters. The Labute approximate surface area is 194 Å². The molecule has 1 aliphatic heterocycles. The van der Waals surface area contributed by atoms with Crippen molar-refractivity contribution in [3.63, 3.8) is 0 Å². The van der Waals surface area contributed by atoms with Gasteiger partial charge in [-0.15, -0.1) is 11.8 Å². The first-order valence-corrected chi connectivity index (χ1v) is 12.0. The Morgan fingerprint density at radius 2 is 1.81 bits per heavy atom. The highest BCUT2D eigenvalue weighted by Crippen LogP contribution is 2.37. The van der Waals surface area contributed by atoms with Crippen LogP contribution in [0.25, 0.3) is 0 Å². The highest BCUT2D eigenvalue weighted by atomic mass is 32.2. The van der Waals surface area contributed by atoms with E-state index in [-0.39, 0.29) is 17.9 Å². The van der Waals surface area contributed by atoms with Crippen LogP contribution in [0.15, 0.2) is 77.7 Å². The van der Waals surface area contributed by atoms with Crippen LogP contribution in [0, 0.1) is 6.92 Å². The van der Waals surface area contributed by atoms with Gasteiger partial charge in [0.2, 0.25) is 5.91 Å². The smallest absolute Gasteiger partial charge is 0.251 e. The monoisotopic (exact) mass is 444 g/mol. The zero-order valence-corrected chi connectivity index (χ0v) is 19.3. The molecule has 4 rings (SSSR count). The van der Waals surface area contributed by atoms with E-state index in [1.54, 1.807) is 0 Å². The van der Waals surface area contributed by atoms with Crippen molar-refractivity contribution < 1.29 is 9.59 Å². The molecule has 5 heteroatoms. The molecule has 164 valence electrons. The summed E-state index contributed by atoms with van der Waals surface area (Å²) in [7, 11) is 0. The summed E-state index contributed by atoms with van der Waals surface area (Å²) in [6, 6.07) is 24.1. The van der Waals surface area contributed by atoms with E-state index < -0.39 is 0 Å². The van der Waals surface area contributed by atoms with Crippen LogP contribution in [0.4, 0.5) is 5.69 Å². The molecule has 4 nitrogen and oxygen atoms in total. The van der Waals surface area contributed by atoms with Crippen molar-refractivity contribution in [2.75, 3.05) is 10.7 Å². The van der Waals surface area contributed by atoms with Gasteiger partial charge >= 0.3 is 0 Å². The van der Waals surface area contributed by atoms with Crippen molar-refractivity contribution in [2.24, 2.45) is 0 Å². The van der Waals surface area contributed by atoms with E-state index in [1.165, 1.54) is 17.3 Å². The first kappa shape index (κ1) is 22.2. The predicted molar refractivity (Wildman–Crippen MR) is 131 cm³/mol. The number of aryl methyl sites for hydroxylation is 2. The number of carbonyl (C=O) groups excluding carboxylic acids is 2. The maximum atomic E-state index is 12.9. The maximum absolute atomic E-state index is 12.9. The van der Waals surface area contributed by atoms with E-state index in [9.17, 15) is 9.59 Å². The molecule has 32 heavy (non-hydrogen) atoms. The van der Waals surface area contributed by atoms with Crippen molar-refractivity contribution in [1.82, 2.24) is 5.32 Å². The van der Waals surface area contributed by atoms with Gasteiger partial charge in [0.15, 0.2) is 0 Å². The Kier molecular flexibility index (Phi) is 6.96. The summed E-state index contributed by atoms with van der Waals surface area (Å²) in [5, 5.41) is 3.11. The third-order valence-corrected chi connectivity index (χ3v) is 6.89. The van der Waals surface area contributed by atoms with Gasteiger partial charge in [-0.25, -0.2) is 0 Å². The lowest BCUT2D eigenvalue weighted by atomic mass is 10.1. The summed E-state index contributed by atoms with van der Waals surface area (Å²) in [5.41, 5.74) is 4.94. The van der Waals surface area contributed by atoms with Gasteiger partial charge in [-0.1, -0.05) is 54.6 Å². The number of benzene rings is 3. The number of rotatable bonds is 7. The quantitative estimate of drug-likeness (QED) is 0.532. The van der Waals surface area contributed by atoms with Gasteiger partial charge < -0.3 is 10.2 Å². The number of nitrogens with zero attached hydrogens (tertiary/aromatic N) is 1. The Bertz CT molecular complexity index is 1110. The number of hydrogen-bond donors (Lipinski definition) is 1. The summed E-state index contributed by atoms with van der Waals surface area (Å²) in [4.78, 5) is 28.5. The van der Waals surface area contributed by atoms with Gasteiger partial charge in [0.25, 0.3) is 5.91 Å². The van der Waals surface area contributed by atoms with E-state index in [1.807, 2.05) is 60.4 Å². The highest BCUT2D eigenvalue weighted by Gasteiger charge is 2.26. The molecule has 0 radical (unpaired) electrons. The van der Waals surface area contributed by atoms with E-state index in [4.69, 9.17) is 0 Å². The second-order valence-corrected chi connectivity index (χ2v) is 9.29. The van der Waals surface area contributed by atoms with Crippen molar-refractivity contribution in [3.05, 3.63) is 95.1 Å². The summed E-state index contributed by atoms with van der Waals surface area (Å²) in [5.74, 6) is 0.382. The molecule has 0 saturated carbocycles. The Balaban J connectivity index is 1.47. The highest BCUT2D eigenvalue weighted by molar-refractivity contribution is 8.00. The largest absolute Gasteiger partial charge is 0.350 e. The molecule has 0 aliphatic carbocycles. The third-order valence-electron chi connectivity index (χ3n) is 5.84. The van der Waals surface area contributed by atoms with Gasteiger partial charge in [0.05, 0.1) is 18.0 Å². The number of hydrogen-bond acceptors (Lipinski definition) is 3. The number of amides is 2. The molecule has 1 N–H and O–H groups in total. The Hall–Kier alpha value is -3.05. The van der Waals surface area contributed by atoms with Gasteiger partial charge in [-0.3, -0.25) is 9.59 Å². The molecule has 1 aliphatic rings. The third kappa shape index (κ3) is 5.22. The SMILES string of the molecule is Cc1ccccc1CN1C(=O)CSc2ccc(C(=O)NC(C)CCc3ccccc3)cc21. The summed E-state index contributed by atoms with van der Waals surface area (Å²) < 4.78 is 0. The Morgan fingerprint density at radius 1 is 1.06 bits per heavy atom. The fraction of sp³-hybridized carbons (Fsp3) is 0.259. The van der Waals surface area contributed by atoms with Crippen LogP contribution < -0.4 is 10.2 Å². The topological polar surface area (TPSA) is 49.4 Å². The lowest BCUT2D eigenvalue weighted by molar-refractivity contribution is -0.116. The fourth-order valence-corrected chi connectivity index (χ4v) is 4.80. The van der Waals surface area contributed by atoms with Crippen molar-refractivity contribution in [1.29, 1.82) is 0 Å². The van der Waals surface area contributed by atoms with E-state index in [0.717, 1.165) is 34.6 Å². The molecule has 1 atom stereocenters. The molecule has 0 spiro atoms. The van der Waals surface area contributed by atoms with Crippen LogP contribution in [0.2, 0.25) is 0 Å². The van der Waals surface area contributed by atoms with E-state index >= 15 is 0 Å². The molecule has 3 aromatic carbocycles. The Morgan fingerprint density at radius 3 is 2.59 bits per heavy atom. The zero-order valence-electron chi connectivity index (χ0n) is 18.5. The predicted octanol–water partition coefficient (Wildman–Crippen LogP) is 5.39. The van der Waals surface area contributed by atoms with E-state index in [2.05, 4.69) is 36.5 Å². The maximum Gasteiger partial charge on any atom is 0.251 e. The van der Waals surface area contributed by atoms with Crippen LogP contribution in [0.3, 0.4) is 0 Å². The minimum Gasteiger partial charge on any atom is -0.350 e. The second kappa shape index (κ2) is 10.0. The lowest BCUT2D eigenvalue weighted by Gasteiger charge is -2.30. The van der Waals surface area contributed by atoms with Crippen LogP contribution in [-0.4, -0.2) is 23.6 Å². The second-order valence-electron chi connectivity index (χ2n) is 8.28.